The summed E-state index contributed by atoms with van der Waals surface area (Å²) in [6.45, 7) is 2.05. The SMILES string of the molecule is CCOC(=O)Nc1cccc(-c2ccnc(Cc3ccccc3)c2O)c1. The number of rotatable bonds is 5. The first-order valence-electron chi connectivity index (χ1n) is 8.42. The van der Waals surface area contributed by atoms with Gasteiger partial charge < -0.3 is 9.84 Å². The van der Waals surface area contributed by atoms with E-state index in [0.717, 1.165) is 11.1 Å². The van der Waals surface area contributed by atoms with Gasteiger partial charge in [-0.2, -0.15) is 0 Å². The van der Waals surface area contributed by atoms with Crippen molar-refractivity contribution in [2.75, 3.05) is 11.9 Å². The van der Waals surface area contributed by atoms with Gasteiger partial charge in [0.25, 0.3) is 0 Å². The summed E-state index contributed by atoms with van der Waals surface area (Å²) in [7, 11) is 0. The van der Waals surface area contributed by atoms with E-state index in [9.17, 15) is 9.90 Å². The largest absolute Gasteiger partial charge is 0.505 e. The molecule has 2 N–H and O–H groups in total. The summed E-state index contributed by atoms with van der Waals surface area (Å²) in [6.07, 6.45) is 1.72. The fraction of sp³-hybridized carbons (Fsp3) is 0.143. The molecule has 3 aromatic rings. The van der Waals surface area contributed by atoms with Gasteiger partial charge >= 0.3 is 6.09 Å². The number of pyridine rings is 1. The van der Waals surface area contributed by atoms with Crippen LogP contribution in [0, 0.1) is 0 Å². The summed E-state index contributed by atoms with van der Waals surface area (Å²) in [4.78, 5) is 15.9. The van der Waals surface area contributed by atoms with E-state index in [1.807, 2.05) is 42.5 Å². The lowest BCUT2D eigenvalue weighted by Gasteiger charge is -2.11. The first-order valence-corrected chi connectivity index (χ1v) is 8.42. The molecule has 0 bridgehead atoms. The Kier molecular flexibility index (Phi) is 5.49. The summed E-state index contributed by atoms with van der Waals surface area (Å²) in [5.41, 5.74) is 3.73. The van der Waals surface area contributed by atoms with Crippen molar-refractivity contribution in [1.29, 1.82) is 0 Å². The highest BCUT2D eigenvalue weighted by Gasteiger charge is 2.12. The molecule has 0 saturated heterocycles. The van der Waals surface area contributed by atoms with Crippen molar-refractivity contribution in [3.8, 4) is 16.9 Å². The lowest BCUT2D eigenvalue weighted by Crippen LogP contribution is -2.13. The Morgan fingerprint density at radius 1 is 1.12 bits per heavy atom. The lowest BCUT2D eigenvalue weighted by molar-refractivity contribution is 0.168. The van der Waals surface area contributed by atoms with Gasteiger partial charge in [0.15, 0.2) is 0 Å². The predicted octanol–water partition coefficient (Wildman–Crippen LogP) is 4.61. The molecule has 0 fully saturated rings. The molecule has 0 unspecified atom stereocenters. The monoisotopic (exact) mass is 348 g/mol. The number of aromatic nitrogens is 1. The number of aromatic hydroxyl groups is 1. The minimum Gasteiger partial charge on any atom is -0.505 e. The Bertz CT molecular complexity index is 895. The number of carbonyl (C=O) groups is 1. The maximum absolute atomic E-state index is 11.6. The van der Waals surface area contributed by atoms with Crippen molar-refractivity contribution in [1.82, 2.24) is 4.98 Å². The topological polar surface area (TPSA) is 71.5 Å². The minimum atomic E-state index is -0.506. The Labute approximate surface area is 152 Å². The molecular formula is C21H20N2O3. The number of amides is 1. The van der Waals surface area contributed by atoms with Crippen LogP contribution in [0.1, 0.15) is 18.2 Å². The van der Waals surface area contributed by atoms with E-state index in [-0.39, 0.29) is 5.75 Å². The van der Waals surface area contributed by atoms with Gasteiger partial charge in [0.1, 0.15) is 5.75 Å². The molecule has 26 heavy (non-hydrogen) atoms. The highest BCUT2D eigenvalue weighted by atomic mass is 16.5. The number of nitrogens with zero attached hydrogens (tertiary/aromatic N) is 1. The Hall–Kier alpha value is -3.34. The zero-order valence-electron chi connectivity index (χ0n) is 14.5. The number of benzene rings is 2. The van der Waals surface area contributed by atoms with Gasteiger partial charge in [0.05, 0.1) is 12.3 Å². The molecule has 5 heteroatoms. The van der Waals surface area contributed by atoms with Crippen LogP contribution < -0.4 is 5.32 Å². The number of carbonyl (C=O) groups excluding carboxylic acids is 1. The van der Waals surface area contributed by atoms with Crippen molar-refractivity contribution in [2.24, 2.45) is 0 Å². The molecule has 1 heterocycles. The summed E-state index contributed by atoms with van der Waals surface area (Å²) in [5.74, 6) is 0.143. The molecule has 5 nitrogen and oxygen atoms in total. The second-order valence-corrected chi connectivity index (χ2v) is 5.74. The highest BCUT2D eigenvalue weighted by Crippen LogP contribution is 2.33. The molecule has 0 aliphatic carbocycles. The number of ether oxygens (including phenoxy) is 1. The van der Waals surface area contributed by atoms with Gasteiger partial charge in [-0.1, -0.05) is 42.5 Å². The standard InChI is InChI=1S/C21H20N2O3/c1-2-26-21(25)23-17-10-6-9-16(14-17)18-11-12-22-19(20(18)24)13-15-7-4-3-5-8-15/h3-12,14,24H,2,13H2,1H3,(H,23,25). The first-order chi connectivity index (χ1) is 12.7. The van der Waals surface area contributed by atoms with Gasteiger partial charge in [0, 0.05) is 23.9 Å². The van der Waals surface area contributed by atoms with E-state index in [4.69, 9.17) is 4.74 Å². The van der Waals surface area contributed by atoms with Crippen LogP contribution in [0.2, 0.25) is 0 Å². The van der Waals surface area contributed by atoms with Gasteiger partial charge in [0.2, 0.25) is 0 Å². The third-order valence-corrected chi connectivity index (χ3v) is 3.91. The normalized spacial score (nSPS) is 10.3. The molecule has 0 aliphatic heterocycles. The molecule has 0 atom stereocenters. The maximum Gasteiger partial charge on any atom is 0.411 e. The van der Waals surface area contributed by atoms with Gasteiger partial charge in [-0.15, -0.1) is 0 Å². The third kappa shape index (κ3) is 4.19. The van der Waals surface area contributed by atoms with Crippen LogP contribution in [0.4, 0.5) is 10.5 Å². The Morgan fingerprint density at radius 2 is 1.92 bits per heavy atom. The lowest BCUT2D eigenvalue weighted by atomic mass is 10.0. The van der Waals surface area contributed by atoms with Crippen molar-refractivity contribution in [3.63, 3.8) is 0 Å². The van der Waals surface area contributed by atoms with E-state index >= 15 is 0 Å². The number of anilines is 1. The van der Waals surface area contributed by atoms with Crippen LogP contribution in [0.5, 0.6) is 5.75 Å². The molecule has 132 valence electrons. The fourth-order valence-electron chi connectivity index (χ4n) is 2.70. The first kappa shape index (κ1) is 17.5. The molecule has 0 saturated carbocycles. The van der Waals surface area contributed by atoms with E-state index < -0.39 is 6.09 Å². The number of hydrogen-bond acceptors (Lipinski definition) is 4. The second kappa shape index (κ2) is 8.16. The Balaban J connectivity index is 1.87. The molecule has 0 spiro atoms. The Morgan fingerprint density at radius 3 is 2.69 bits per heavy atom. The van der Waals surface area contributed by atoms with Crippen molar-refractivity contribution in [3.05, 3.63) is 78.1 Å². The predicted molar refractivity (Wildman–Crippen MR) is 101 cm³/mol. The van der Waals surface area contributed by atoms with Crippen LogP contribution in [0.15, 0.2) is 66.9 Å². The molecule has 2 aromatic carbocycles. The third-order valence-electron chi connectivity index (χ3n) is 3.91. The van der Waals surface area contributed by atoms with E-state index in [2.05, 4.69) is 10.3 Å². The number of nitrogens with one attached hydrogen (secondary N) is 1. The van der Waals surface area contributed by atoms with E-state index in [0.29, 0.717) is 30.0 Å². The van der Waals surface area contributed by atoms with E-state index in [1.54, 1.807) is 31.3 Å². The van der Waals surface area contributed by atoms with Gasteiger partial charge in [-0.25, -0.2) is 4.79 Å². The summed E-state index contributed by atoms with van der Waals surface area (Å²) < 4.78 is 4.89. The van der Waals surface area contributed by atoms with Gasteiger partial charge in [-0.05, 0) is 36.2 Å². The smallest absolute Gasteiger partial charge is 0.411 e. The van der Waals surface area contributed by atoms with Crippen LogP contribution in [-0.4, -0.2) is 22.8 Å². The van der Waals surface area contributed by atoms with Crippen LogP contribution in [-0.2, 0) is 11.2 Å². The van der Waals surface area contributed by atoms with Crippen LogP contribution >= 0.6 is 0 Å². The molecular weight excluding hydrogens is 328 g/mol. The average Bonchev–Trinajstić information content (AvgIpc) is 2.65. The van der Waals surface area contributed by atoms with Crippen molar-refractivity contribution in [2.45, 2.75) is 13.3 Å². The zero-order valence-corrected chi connectivity index (χ0v) is 14.5. The fourth-order valence-corrected chi connectivity index (χ4v) is 2.70. The molecule has 0 radical (unpaired) electrons. The summed E-state index contributed by atoms with van der Waals surface area (Å²) >= 11 is 0. The van der Waals surface area contributed by atoms with Gasteiger partial charge in [-0.3, -0.25) is 10.3 Å². The van der Waals surface area contributed by atoms with Crippen molar-refractivity contribution >= 4 is 11.8 Å². The molecule has 1 amide bonds. The second-order valence-electron chi connectivity index (χ2n) is 5.74. The molecule has 1 aromatic heterocycles. The maximum atomic E-state index is 11.6. The van der Waals surface area contributed by atoms with E-state index in [1.165, 1.54) is 0 Å². The zero-order chi connectivity index (χ0) is 18.4. The van der Waals surface area contributed by atoms with Crippen LogP contribution in [0.3, 0.4) is 0 Å². The minimum absolute atomic E-state index is 0.143. The van der Waals surface area contributed by atoms with Crippen LogP contribution in [0.25, 0.3) is 11.1 Å². The number of hydrogen-bond donors (Lipinski definition) is 2. The quantitative estimate of drug-likeness (QED) is 0.706. The molecule has 0 aliphatic rings. The average molecular weight is 348 g/mol. The highest BCUT2D eigenvalue weighted by molar-refractivity contribution is 5.86. The summed E-state index contributed by atoms with van der Waals surface area (Å²) in [6, 6.07) is 18.9. The molecule has 3 rings (SSSR count). The van der Waals surface area contributed by atoms with Crippen molar-refractivity contribution < 1.29 is 14.6 Å². The summed E-state index contributed by atoms with van der Waals surface area (Å²) in [5, 5.41) is 13.4.